The lowest BCUT2D eigenvalue weighted by Crippen LogP contribution is -2.41. The van der Waals surface area contributed by atoms with Gasteiger partial charge in [0.05, 0.1) is 12.1 Å². The number of carbonyl (C=O) groups is 1. The van der Waals surface area contributed by atoms with Gasteiger partial charge in [-0.15, -0.1) is 0 Å². The predicted octanol–water partition coefficient (Wildman–Crippen LogP) is 1.63. The Morgan fingerprint density at radius 3 is 2.80 bits per heavy atom. The zero-order valence-corrected chi connectivity index (χ0v) is 7.58. The lowest BCUT2D eigenvalue weighted by molar-refractivity contribution is -0.126. The van der Waals surface area contributed by atoms with E-state index in [0.717, 1.165) is 11.0 Å². The third-order valence-electron chi connectivity index (χ3n) is 2.13. The number of fused-ring (bicyclic) bond motifs is 1. The maximum atomic E-state index is 12.5. The average Bonchev–Trinajstić information content (AvgIpc) is 2.16. The van der Waals surface area contributed by atoms with Crippen LogP contribution in [0.25, 0.3) is 0 Å². The molecular weight excluding hydrogens is 209 g/mol. The maximum absolute atomic E-state index is 12.5. The van der Waals surface area contributed by atoms with Crippen molar-refractivity contribution in [3.8, 4) is 0 Å². The van der Waals surface area contributed by atoms with Crippen LogP contribution in [0.15, 0.2) is 28.9 Å². The summed E-state index contributed by atoms with van der Waals surface area (Å²) in [7, 11) is 0. The van der Waals surface area contributed by atoms with Crippen molar-refractivity contribution in [1.82, 2.24) is 4.90 Å². The molecule has 0 N–H and O–H groups in total. The number of amides is 1. The molecule has 0 unspecified atom stereocenters. The van der Waals surface area contributed by atoms with Crippen LogP contribution in [-0.2, 0) is 4.79 Å². The number of alkyl halides is 3. The van der Waals surface area contributed by atoms with Gasteiger partial charge in [0.25, 0.3) is 0 Å². The molecule has 2 aliphatic heterocycles. The molecule has 0 bridgehead atoms. The Hall–Kier alpha value is -1.59. The summed E-state index contributed by atoms with van der Waals surface area (Å²) in [6.07, 6.45) is -0.896. The van der Waals surface area contributed by atoms with Crippen LogP contribution in [-0.4, -0.2) is 29.4 Å². The fraction of sp³-hybridized carbons (Fsp3) is 0.333. The molecule has 3 nitrogen and oxygen atoms in total. The van der Waals surface area contributed by atoms with Gasteiger partial charge in [0.1, 0.15) is 5.84 Å². The molecule has 15 heavy (non-hydrogen) atoms. The number of halogens is 3. The van der Waals surface area contributed by atoms with Gasteiger partial charge >= 0.3 is 6.18 Å². The highest BCUT2D eigenvalue weighted by molar-refractivity contribution is 6.11. The van der Waals surface area contributed by atoms with E-state index in [2.05, 4.69) is 4.99 Å². The van der Waals surface area contributed by atoms with Crippen molar-refractivity contribution in [2.45, 2.75) is 12.6 Å². The van der Waals surface area contributed by atoms with Crippen LogP contribution in [0.4, 0.5) is 13.2 Å². The Bertz CT molecular complexity index is 393. The Morgan fingerprint density at radius 1 is 1.40 bits per heavy atom. The van der Waals surface area contributed by atoms with Crippen LogP contribution >= 0.6 is 0 Å². The second-order valence-corrected chi connectivity index (χ2v) is 3.14. The minimum absolute atomic E-state index is 0.117. The van der Waals surface area contributed by atoms with Crippen LogP contribution in [0.3, 0.4) is 0 Å². The molecule has 2 heterocycles. The van der Waals surface area contributed by atoms with Gasteiger partial charge in [-0.3, -0.25) is 14.7 Å². The van der Waals surface area contributed by atoms with E-state index in [0.29, 0.717) is 0 Å². The third kappa shape index (κ3) is 1.67. The largest absolute Gasteiger partial charge is 0.419 e. The zero-order valence-electron chi connectivity index (χ0n) is 7.58. The van der Waals surface area contributed by atoms with Gasteiger partial charge in [-0.1, -0.05) is 0 Å². The fourth-order valence-corrected chi connectivity index (χ4v) is 1.46. The van der Waals surface area contributed by atoms with Gasteiger partial charge in [0.15, 0.2) is 0 Å². The van der Waals surface area contributed by atoms with Crippen molar-refractivity contribution >= 4 is 11.7 Å². The van der Waals surface area contributed by atoms with E-state index in [9.17, 15) is 18.0 Å². The van der Waals surface area contributed by atoms with E-state index < -0.39 is 11.7 Å². The van der Waals surface area contributed by atoms with E-state index in [-0.39, 0.29) is 24.7 Å². The second-order valence-electron chi connectivity index (χ2n) is 3.14. The molecule has 6 heteroatoms. The lowest BCUT2D eigenvalue weighted by Gasteiger charge is -2.28. The summed E-state index contributed by atoms with van der Waals surface area (Å²) in [5.74, 6) is -0.646. The topological polar surface area (TPSA) is 32.7 Å². The first-order valence-corrected chi connectivity index (χ1v) is 4.33. The molecule has 0 saturated heterocycles. The van der Waals surface area contributed by atoms with Crippen molar-refractivity contribution in [2.75, 3.05) is 6.54 Å². The van der Waals surface area contributed by atoms with E-state index in [1.807, 2.05) is 0 Å². The second kappa shape index (κ2) is 3.22. The number of hydrogen-bond acceptors (Lipinski definition) is 2. The molecule has 0 fully saturated rings. The minimum Gasteiger partial charge on any atom is -0.274 e. The van der Waals surface area contributed by atoms with E-state index in [1.165, 1.54) is 12.3 Å². The number of allylic oxidation sites excluding steroid dienone is 2. The van der Waals surface area contributed by atoms with Crippen molar-refractivity contribution in [2.24, 2.45) is 4.99 Å². The molecular formula is C9H7F3N2O. The fourth-order valence-electron chi connectivity index (χ4n) is 1.46. The van der Waals surface area contributed by atoms with Crippen LogP contribution < -0.4 is 0 Å². The Morgan fingerprint density at radius 2 is 2.13 bits per heavy atom. The number of hydrogen-bond donors (Lipinski definition) is 0. The molecule has 1 amide bonds. The van der Waals surface area contributed by atoms with Gasteiger partial charge in [-0.2, -0.15) is 13.2 Å². The molecule has 0 aliphatic carbocycles. The summed E-state index contributed by atoms with van der Waals surface area (Å²) in [4.78, 5) is 16.0. The monoisotopic (exact) mass is 216 g/mol. The van der Waals surface area contributed by atoms with Crippen LogP contribution in [0.1, 0.15) is 6.42 Å². The van der Waals surface area contributed by atoms with Gasteiger partial charge in [0.2, 0.25) is 5.91 Å². The van der Waals surface area contributed by atoms with E-state index in [4.69, 9.17) is 0 Å². The summed E-state index contributed by atoms with van der Waals surface area (Å²) >= 11 is 0. The van der Waals surface area contributed by atoms with E-state index in [1.54, 1.807) is 0 Å². The highest BCUT2D eigenvalue weighted by atomic mass is 19.4. The van der Waals surface area contributed by atoms with Gasteiger partial charge < -0.3 is 0 Å². The normalized spacial score (nSPS) is 21.0. The highest BCUT2D eigenvalue weighted by Crippen LogP contribution is 2.31. The third-order valence-corrected chi connectivity index (χ3v) is 2.13. The summed E-state index contributed by atoms with van der Waals surface area (Å²) in [5, 5.41) is 0. The smallest absolute Gasteiger partial charge is 0.274 e. The molecule has 0 saturated carbocycles. The van der Waals surface area contributed by atoms with Crippen molar-refractivity contribution < 1.29 is 18.0 Å². The van der Waals surface area contributed by atoms with Crippen molar-refractivity contribution in [3.63, 3.8) is 0 Å². The molecule has 0 aromatic rings. The highest BCUT2D eigenvalue weighted by Gasteiger charge is 2.41. The SMILES string of the molecule is O=C1CCN=C2C(C(F)(F)F)=CC=CN12. The van der Waals surface area contributed by atoms with Crippen LogP contribution in [0.5, 0.6) is 0 Å². The zero-order chi connectivity index (χ0) is 11.1. The number of carbonyl (C=O) groups excluding carboxylic acids is 1. The number of nitrogens with zero attached hydrogens (tertiary/aromatic N) is 2. The Balaban J connectivity index is 2.43. The van der Waals surface area contributed by atoms with Gasteiger partial charge in [-0.25, -0.2) is 0 Å². The Labute approximate surface area is 83.6 Å². The van der Waals surface area contributed by atoms with Gasteiger partial charge in [0, 0.05) is 12.6 Å². The summed E-state index contributed by atoms with van der Waals surface area (Å²) in [6, 6.07) is 0. The molecule has 80 valence electrons. The number of aliphatic imine (C=N–C) groups is 1. The molecule has 0 radical (unpaired) electrons. The number of amidine groups is 1. The first-order chi connectivity index (χ1) is 7.00. The Kier molecular flexibility index (Phi) is 2.13. The average molecular weight is 216 g/mol. The molecule has 0 aromatic heterocycles. The maximum Gasteiger partial charge on any atom is 0.419 e. The van der Waals surface area contributed by atoms with Crippen LogP contribution in [0.2, 0.25) is 0 Å². The first kappa shape index (κ1) is 9.95. The predicted molar refractivity (Wildman–Crippen MR) is 47.0 cm³/mol. The summed E-state index contributed by atoms with van der Waals surface area (Å²) in [5.41, 5.74) is -0.863. The molecule has 0 spiro atoms. The van der Waals surface area contributed by atoms with Crippen molar-refractivity contribution in [1.29, 1.82) is 0 Å². The van der Waals surface area contributed by atoms with Gasteiger partial charge in [-0.05, 0) is 12.2 Å². The number of rotatable bonds is 0. The van der Waals surface area contributed by atoms with E-state index >= 15 is 0 Å². The van der Waals surface area contributed by atoms with Crippen LogP contribution in [0, 0.1) is 0 Å². The first-order valence-electron chi connectivity index (χ1n) is 4.33. The minimum atomic E-state index is -4.47. The van der Waals surface area contributed by atoms with Crippen molar-refractivity contribution in [3.05, 3.63) is 23.9 Å². The lowest BCUT2D eigenvalue weighted by atomic mass is 10.1. The standard InChI is InChI=1S/C9H7F3N2O/c10-9(11,12)6-2-1-5-14-7(15)3-4-13-8(6)14/h1-2,5H,3-4H2. The molecule has 2 rings (SSSR count). The molecule has 0 atom stereocenters. The molecule has 0 aromatic carbocycles. The molecule has 2 aliphatic rings. The summed E-state index contributed by atoms with van der Waals surface area (Å²) < 4.78 is 37.6. The quantitative estimate of drug-likeness (QED) is 0.605. The summed E-state index contributed by atoms with van der Waals surface area (Å²) in [6.45, 7) is 0.117.